The maximum atomic E-state index is 13.3. The zero-order valence-corrected chi connectivity index (χ0v) is 14.9. The van der Waals surface area contributed by atoms with Crippen LogP contribution in [0.25, 0.3) is 33.1 Å². The first-order valence-corrected chi connectivity index (χ1v) is 9.06. The molecule has 0 atom stereocenters. The Hall–Kier alpha value is -3.66. The van der Waals surface area contributed by atoms with Gasteiger partial charge in [0, 0.05) is 23.0 Å². The topological polar surface area (TPSA) is 35.1 Å². The zero-order valence-electron chi connectivity index (χ0n) is 14.9. The van der Waals surface area contributed by atoms with Crippen LogP contribution in [0.15, 0.2) is 94.1 Å². The van der Waals surface area contributed by atoms with E-state index in [2.05, 4.69) is 0 Å². The lowest BCUT2D eigenvalue weighted by atomic mass is 10.1. The molecular weight excluding hydrogens is 353 g/mol. The predicted molar refractivity (Wildman–Crippen MR) is 109 cm³/mol. The van der Waals surface area contributed by atoms with Crippen molar-refractivity contribution in [2.24, 2.45) is 0 Å². The summed E-state index contributed by atoms with van der Waals surface area (Å²) in [6, 6.07) is 25.8. The van der Waals surface area contributed by atoms with E-state index in [1.807, 2.05) is 59.2 Å². The average molecular weight is 369 g/mol. The molecule has 0 aliphatic carbocycles. The molecular formula is C24H16FNO2. The molecule has 4 heteroatoms. The van der Waals surface area contributed by atoms with E-state index in [1.54, 1.807) is 18.2 Å². The highest BCUT2D eigenvalue weighted by Gasteiger charge is 2.17. The molecule has 5 aromatic rings. The first-order chi connectivity index (χ1) is 13.7. The summed E-state index contributed by atoms with van der Waals surface area (Å²) in [6.07, 6.45) is 0. The van der Waals surface area contributed by atoms with Gasteiger partial charge in [-0.3, -0.25) is 0 Å². The molecule has 2 heterocycles. The Labute approximate surface area is 160 Å². The average Bonchev–Trinajstić information content (AvgIpc) is 3.11. The largest absolute Gasteiger partial charge is 0.421 e. The van der Waals surface area contributed by atoms with E-state index in [9.17, 15) is 9.18 Å². The molecule has 0 bridgehead atoms. The van der Waals surface area contributed by atoms with Crippen LogP contribution in [0.2, 0.25) is 0 Å². The van der Waals surface area contributed by atoms with Crippen LogP contribution in [0.5, 0.6) is 0 Å². The van der Waals surface area contributed by atoms with Gasteiger partial charge in [-0.25, -0.2) is 9.18 Å². The van der Waals surface area contributed by atoms with Gasteiger partial charge in [0.15, 0.2) is 0 Å². The molecule has 0 aliphatic rings. The number of benzene rings is 3. The lowest BCUT2D eigenvalue weighted by Crippen LogP contribution is -2.09. The third kappa shape index (κ3) is 2.70. The molecule has 28 heavy (non-hydrogen) atoms. The predicted octanol–water partition coefficient (Wildman–Crippen LogP) is 5.60. The molecule has 0 radical (unpaired) electrons. The molecule has 2 aromatic heterocycles. The second-order valence-electron chi connectivity index (χ2n) is 6.76. The van der Waals surface area contributed by atoms with E-state index >= 15 is 0 Å². The van der Waals surface area contributed by atoms with Gasteiger partial charge in [-0.15, -0.1) is 0 Å². The number of hydrogen-bond acceptors (Lipinski definition) is 2. The molecule has 0 amide bonds. The van der Waals surface area contributed by atoms with Crippen molar-refractivity contribution in [2.75, 3.05) is 0 Å². The summed E-state index contributed by atoms with van der Waals surface area (Å²) >= 11 is 0. The van der Waals surface area contributed by atoms with Gasteiger partial charge < -0.3 is 8.98 Å². The SMILES string of the molecule is O=c1oc2ccccc2c2cc(-c3ccccc3)n(Cc3ccc(F)cc3)c12. The Morgan fingerprint density at radius 2 is 1.54 bits per heavy atom. The van der Waals surface area contributed by atoms with Crippen molar-refractivity contribution < 1.29 is 8.81 Å². The lowest BCUT2D eigenvalue weighted by Gasteiger charge is -2.11. The van der Waals surface area contributed by atoms with Crippen molar-refractivity contribution in [3.8, 4) is 11.3 Å². The van der Waals surface area contributed by atoms with Gasteiger partial charge >= 0.3 is 5.63 Å². The standard InChI is InChI=1S/C24H16FNO2/c25-18-12-10-16(11-13-18)15-26-21(17-6-2-1-3-7-17)14-20-19-8-4-5-9-22(19)28-24(27)23(20)26/h1-14H,15H2. The van der Waals surface area contributed by atoms with Crippen LogP contribution < -0.4 is 5.63 Å². The summed E-state index contributed by atoms with van der Waals surface area (Å²) in [5.74, 6) is -0.282. The van der Waals surface area contributed by atoms with Crippen LogP contribution in [0.3, 0.4) is 0 Å². The Balaban J connectivity index is 1.83. The number of para-hydroxylation sites is 1. The van der Waals surface area contributed by atoms with Gasteiger partial charge in [0.25, 0.3) is 0 Å². The van der Waals surface area contributed by atoms with E-state index in [0.717, 1.165) is 27.6 Å². The summed E-state index contributed by atoms with van der Waals surface area (Å²) in [4.78, 5) is 12.9. The van der Waals surface area contributed by atoms with Crippen molar-refractivity contribution in [2.45, 2.75) is 6.54 Å². The van der Waals surface area contributed by atoms with Crippen molar-refractivity contribution in [1.82, 2.24) is 4.57 Å². The smallest absolute Gasteiger partial charge is 0.361 e. The normalized spacial score (nSPS) is 11.3. The maximum absolute atomic E-state index is 13.3. The summed E-state index contributed by atoms with van der Waals surface area (Å²) in [6.45, 7) is 0.442. The lowest BCUT2D eigenvalue weighted by molar-refractivity contribution is 0.564. The van der Waals surface area contributed by atoms with Gasteiger partial charge in [0.05, 0.1) is 0 Å². The molecule has 0 spiro atoms. The van der Waals surface area contributed by atoms with E-state index in [0.29, 0.717) is 17.6 Å². The summed E-state index contributed by atoms with van der Waals surface area (Å²) < 4.78 is 20.9. The number of nitrogens with zero attached hydrogens (tertiary/aromatic N) is 1. The van der Waals surface area contributed by atoms with Crippen LogP contribution in [0, 0.1) is 5.82 Å². The highest BCUT2D eigenvalue weighted by molar-refractivity contribution is 6.05. The van der Waals surface area contributed by atoms with Crippen molar-refractivity contribution in [1.29, 1.82) is 0 Å². The van der Waals surface area contributed by atoms with Crippen LogP contribution in [0.4, 0.5) is 4.39 Å². The summed E-state index contributed by atoms with van der Waals surface area (Å²) in [7, 11) is 0. The van der Waals surface area contributed by atoms with Gasteiger partial charge in [-0.1, -0.05) is 60.7 Å². The third-order valence-corrected chi connectivity index (χ3v) is 4.99. The fraction of sp³-hybridized carbons (Fsp3) is 0.0417. The molecule has 5 rings (SSSR count). The Morgan fingerprint density at radius 1 is 0.821 bits per heavy atom. The molecule has 3 nitrogen and oxygen atoms in total. The van der Waals surface area contributed by atoms with Crippen LogP contribution in [0.1, 0.15) is 5.56 Å². The summed E-state index contributed by atoms with van der Waals surface area (Å²) in [5, 5.41) is 1.75. The van der Waals surface area contributed by atoms with Crippen LogP contribution >= 0.6 is 0 Å². The molecule has 0 saturated heterocycles. The van der Waals surface area contributed by atoms with Gasteiger partial charge in [-0.05, 0) is 35.4 Å². The molecule has 0 aliphatic heterocycles. The fourth-order valence-corrected chi connectivity index (χ4v) is 3.69. The monoisotopic (exact) mass is 369 g/mol. The Bertz CT molecular complexity index is 1350. The molecule has 0 N–H and O–H groups in total. The molecule has 0 unspecified atom stereocenters. The second kappa shape index (κ2) is 6.50. The first kappa shape index (κ1) is 16.5. The highest BCUT2D eigenvalue weighted by Crippen LogP contribution is 2.31. The minimum absolute atomic E-state index is 0.282. The fourth-order valence-electron chi connectivity index (χ4n) is 3.69. The highest BCUT2D eigenvalue weighted by atomic mass is 19.1. The Kier molecular flexibility index (Phi) is 3.83. The number of fused-ring (bicyclic) bond motifs is 3. The molecule has 0 fully saturated rings. The maximum Gasteiger partial charge on any atom is 0.361 e. The van der Waals surface area contributed by atoms with E-state index in [-0.39, 0.29) is 11.4 Å². The van der Waals surface area contributed by atoms with E-state index < -0.39 is 0 Å². The Morgan fingerprint density at radius 3 is 2.32 bits per heavy atom. The number of rotatable bonds is 3. The van der Waals surface area contributed by atoms with Crippen molar-refractivity contribution >= 4 is 21.9 Å². The van der Waals surface area contributed by atoms with Gasteiger partial charge in [0.2, 0.25) is 0 Å². The first-order valence-electron chi connectivity index (χ1n) is 9.06. The van der Waals surface area contributed by atoms with Crippen LogP contribution in [-0.4, -0.2) is 4.57 Å². The molecule has 0 saturated carbocycles. The van der Waals surface area contributed by atoms with Crippen molar-refractivity contribution in [3.63, 3.8) is 0 Å². The van der Waals surface area contributed by atoms with Gasteiger partial charge in [0.1, 0.15) is 16.9 Å². The van der Waals surface area contributed by atoms with E-state index in [4.69, 9.17) is 4.42 Å². The minimum atomic E-state index is -0.377. The molecule has 136 valence electrons. The zero-order chi connectivity index (χ0) is 19.1. The molecule has 3 aromatic carbocycles. The minimum Gasteiger partial charge on any atom is -0.421 e. The van der Waals surface area contributed by atoms with E-state index in [1.165, 1.54) is 12.1 Å². The summed E-state index contributed by atoms with van der Waals surface area (Å²) in [5.41, 5.74) is 3.54. The number of hydrogen-bond donors (Lipinski definition) is 0. The van der Waals surface area contributed by atoms with Crippen LogP contribution in [-0.2, 0) is 6.54 Å². The van der Waals surface area contributed by atoms with Gasteiger partial charge in [-0.2, -0.15) is 0 Å². The second-order valence-corrected chi connectivity index (χ2v) is 6.76. The number of aromatic nitrogens is 1. The van der Waals surface area contributed by atoms with Crippen molar-refractivity contribution in [3.05, 3.63) is 107 Å². The quantitative estimate of drug-likeness (QED) is 0.388. The number of halogens is 1. The third-order valence-electron chi connectivity index (χ3n) is 4.99.